The van der Waals surface area contributed by atoms with Gasteiger partial charge in [-0.15, -0.1) is 0 Å². The van der Waals surface area contributed by atoms with E-state index in [0.29, 0.717) is 36.5 Å². The van der Waals surface area contributed by atoms with Crippen molar-refractivity contribution in [2.24, 2.45) is 0 Å². The number of fused-ring (bicyclic) bond motifs is 1. The molecule has 32 heavy (non-hydrogen) atoms. The molecule has 0 radical (unpaired) electrons. The molecule has 7 nitrogen and oxygen atoms in total. The number of imidazole rings is 1. The summed E-state index contributed by atoms with van der Waals surface area (Å²) in [5.74, 6) is 0.179. The summed E-state index contributed by atoms with van der Waals surface area (Å²) in [6, 6.07) is 10.0. The lowest BCUT2D eigenvalue weighted by atomic mass is 9.85. The molecule has 168 valence electrons. The SMILES string of the molecule is COc1cc(CC2(CCC(=O)NCc3nc4ccc(Cl)cc4[nH]3)CCC(=O)N2)ccc1F. The number of aromatic nitrogens is 2. The highest BCUT2D eigenvalue weighted by atomic mass is 35.5. The van der Waals surface area contributed by atoms with Crippen molar-refractivity contribution >= 4 is 34.4 Å². The molecule has 1 aromatic heterocycles. The van der Waals surface area contributed by atoms with Crippen LogP contribution in [0.3, 0.4) is 0 Å². The third-order valence-electron chi connectivity index (χ3n) is 5.77. The van der Waals surface area contributed by atoms with E-state index in [1.165, 1.54) is 13.2 Å². The van der Waals surface area contributed by atoms with Gasteiger partial charge in [-0.25, -0.2) is 9.37 Å². The number of amides is 2. The Kier molecular flexibility index (Phi) is 6.32. The molecule has 0 aliphatic carbocycles. The monoisotopic (exact) mass is 458 g/mol. The van der Waals surface area contributed by atoms with Gasteiger partial charge in [-0.1, -0.05) is 17.7 Å². The fraction of sp³-hybridized carbons (Fsp3) is 0.348. The molecule has 1 aliphatic rings. The summed E-state index contributed by atoms with van der Waals surface area (Å²) in [6.45, 7) is 0.264. The first kappa shape index (κ1) is 22.1. The lowest BCUT2D eigenvalue weighted by Gasteiger charge is -2.29. The van der Waals surface area contributed by atoms with Gasteiger partial charge in [0.15, 0.2) is 11.6 Å². The number of hydrogen-bond acceptors (Lipinski definition) is 4. The van der Waals surface area contributed by atoms with Gasteiger partial charge in [0.1, 0.15) is 5.82 Å². The fourth-order valence-corrected chi connectivity index (χ4v) is 4.30. The Balaban J connectivity index is 1.37. The van der Waals surface area contributed by atoms with E-state index in [9.17, 15) is 14.0 Å². The average Bonchev–Trinajstić information content (AvgIpc) is 3.35. The quantitative estimate of drug-likeness (QED) is 0.480. The van der Waals surface area contributed by atoms with E-state index in [2.05, 4.69) is 20.6 Å². The molecule has 3 aromatic rings. The zero-order chi connectivity index (χ0) is 22.7. The van der Waals surface area contributed by atoms with Gasteiger partial charge in [0.05, 0.1) is 24.7 Å². The van der Waals surface area contributed by atoms with Gasteiger partial charge in [-0.2, -0.15) is 0 Å². The van der Waals surface area contributed by atoms with Crippen molar-refractivity contribution in [2.45, 2.75) is 44.2 Å². The minimum Gasteiger partial charge on any atom is -0.494 e. The summed E-state index contributed by atoms with van der Waals surface area (Å²) in [5, 5.41) is 6.51. The highest BCUT2D eigenvalue weighted by Gasteiger charge is 2.38. The number of rotatable bonds is 8. The second-order valence-electron chi connectivity index (χ2n) is 8.10. The maximum absolute atomic E-state index is 13.7. The molecule has 1 fully saturated rings. The Morgan fingerprint density at radius 1 is 1.31 bits per heavy atom. The molecular formula is C23H24ClFN4O3. The number of aromatic amines is 1. The van der Waals surface area contributed by atoms with Gasteiger partial charge in [0.25, 0.3) is 0 Å². The van der Waals surface area contributed by atoms with Crippen LogP contribution in [0.1, 0.15) is 37.1 Å². The van der Waals surface area contributed by atoms with Crippen molar-refractivity contribution in [1.29, 1.82) is 0 Å². The van der Waals surface area contributed by atoms with Gasteiger partial charge in [0.2, 0.25) is 11.8 Å². The molecule has 1 saturated heterocycles. The second kappa shape index (κ2) is 9.16. The van der Waals surface area contributed by atoms with Crippen molar-refractivity contribution in [3.05, 3.63) is 58.6 Å². The van der Waals surface area contributed by atoms with Crippen molar-refractivity contribution in [3.63, 3.8) is 0 Å². The van der Waals surface area contributed by atoms with Crippen LogP contribution >= 0.6 is 11.6 Å². The molecule has 1 unspecified atom stereocenters. The summed E-state index contributed by atoms with van der Waals surface area (Å²) < 4.78 is 18.8. The van der Waals surface area contributed by atoms with Gasteiger partial charge >= 0.3 is 0 Å². The number of halogens is 2. The van der Waals surface area contributed by atoms with Crippen molar-refractivity contribution < 1.29 is 18.7 Å². The fourth-order valence-electron chi connectivity index (χ4n) is 4.13. The van der Waals surface area contributed by atoms with Crippen LogP contribution in [0.4, 0.5) is 4.39 Å². The zero-order valence-corrected chi connectivity index (χ0v) is 18.4. The summed E-state index contributed by atoms with van der Waals surface area (Å²) in [5.41, 5.74) is 1.88. The number of H-pyrrole nitrogens is 1. The first-order valence-electron chi connectivity index (χ1n) is 10.4. The lowest BCUT2D eigenvalue weighted by molar-refractivity contribution is -0.122. The topological polar surface area (TPSA) is 96.1 Å². The van der Waals surface area contributed by atoms with Crippen molar-refractivity contribution in [1.82, 2.24) is 20.6 Å². The number of hydrogen-bond donors (Lipinski definition) is 3. The van der Waals surface area contributed by atoms with Crippen LogP contribution in [0.2, 0.25) is 5.02 Å². The molecule has 0 bridgehead atoms. The minimum atomic E-state index is -0.548. The highest BCUT2D eigenvalue weighted by molar-refractivity contribution is 6.31. The van der Waals surface area contributed by atoms with Crippen LogP contribution in [-0.2, 0) is 22.6 Å². The lowest BCUT2D eigenvalue weighted by Crippen LogP contribution is -2.44. The molecule has 3 N–H and O–H groups in total. The second-order valence-corrected chi connectivity index (χ2v) is 8.53. The maximum Gasteiger partial charge on any atom is 0.220 e. The predicted octanol–water partition coefficient (Wildman–Crippen LogP) is 3.65. The Hall–Kier alpha value is -3.13. The molecule has 2 aromatic carbocycles. The molecule has 2 heterocycles. The number of ether oxygens (including phenoxy) is 1. The first-order valence-corrected chi connectivity index (χ1v) is 10.8. The third kappa shape index (κ3) is 5.02. The van der Waals surface area contributed by atoms with Crippen LogP contribution in [0, 0.1) is 5.82 Å². The number of benzene rings is 2. The smallest absolute Gasteiger partial charge is 0.220 e. The van der Waals surface area contributed by atoms with Crippen molar-refractivity contribution in [2.75, 3.05) is 7.11 Å². The number of nitrogens with zero attached hydrogens (tertiary/aromatic N) is 1. The minimum absolute atomic E-state index is 0.0413. The van der Waals surface area contributed by atoms with Crippen LogP contribution in [0.5, 0.6) is 5.75 Å². The highest BCUT2D eigenvalue weighted by Crippen LogP contribution is 2.31. The Labute approximate surface area is 189 Å². The average molecular weight is 459 g/mol. The Morgan fingerprint density at radius 2 is 2.16 bits per heavy atom. The first-order chi connectivity index (χ1) is 15.4. The van der Waals surface area contributed by atoms with E-state index in [1.807, 2.05) is 6.07 Å². The van der Waals surface area contributed by atoms with E-state index in [4.69, 9.17) is 16.3 Å². The number of methoxy groups -OCH3 is 1. The molecule has 2 amide bonds. The summed E-state index contributed by atoms with van der Waals surface area (Å²) in [4.78, 5) is 32.1. The third-order valence-corrected chi connectivity index (χ3v) is 6.00. The van der Waals surface area contributed by atoms with E-state index in [0.717, 1.165) is 16.6 Å². The predicted molar refractivity (Wildman–Crippen MR) is 119 cm³/mol. The molecule has 1 atom stereocenters. The number of carbonyl (C=O) groups is 2. The standard InChI is InChI=1S/C23H24ClFN4O3/c1-32-19-10-14(2-4-16(19)25)12-23(9-7-22(31)29-23)8-6-21(30)26-13-20-27-17-5-3-15(24)11-18(17)28-20/h2-5,10-11H,6-9,12-13H2,1H3,(H,26,30)(H,27,28)(H,29,31). The largest absolute Gasteiger partial charge is 0.494 e. The summed E-state index contributed by atoms with van der Waals surface area (Å²) >= 11 is 5.99. The van der Waals surface area contributed by atoms with E-state index >= 15 is 0 Å². The van der Waals surface area contributed by atoms with E-state index in [1.54, 1.807) is 24.3 Å². The van der Waals surface area contributed by atoms with Gasteiger partial charge in [-0.05, 0) is 55.2 Å². The van der Waals surface area contributed by atoms with Crippen LogP contribution < -0.4 is 15.4 Å². The number of carbonyl (C=O) groups excluding carboxylic acids is 2. The summed E-state index contributed by atoms with van der Waals surface area (Å²) in [6.07, 6.45) is 2.22. The zero-order valence-electron chi connectivity index (χ0n) is 17.6. The Morgan fingerprint density at radius 3 is 2.91 bits per heavy atom. The normalized spacial score (nSPS) is 18.0. The van der Waals surface area contributed by atoms with E-state index < -0.39 is 11.4 Å². The maximum atomic E-state index is 13.7. The molecule has 1 aliphatic heterocycles. The molecular weight excluding hydrogens is 435 g/mol. The van der Waals surface area contributed by atoms with Gasteiger partial charge in [0, 0.05) is 23.4 Å². The van der Waals surface area contributed by atoms with Gasteiger partial charge in [-0.3, -0.25) is 9.59 Å². The number of nitrogens with one attached hydrogen (secondary N) is 3. The molecule has 4 rings (SSSR count). The summed E-state index contributed by atoms with van der Waals surface area (Å²) in [7, 11) is 1.41. The van der Waals surface area contributed by atoms with Gasteiger partial charge < -0.3 is 20.4 Å². The Bertz CT molecular complexity index is 1170. The van der Waals surface area contributed by atoms with Crippen LogP contribution in [0.25, 0.3) is 11.0 Å². The molecule has 9 heteroatoms. The van der Waals surface area contributed by atoms with Crippen LogP contribution in [0.15, 0.2) is 36.4 Å². The van der Waals surface area contributed by atoms with E-state index in [-0.39, 0.29) is 30.5 Å². The molecule has 0 spiro atoms. The van der Waals surface area contributed by atoms with Crippen LogP contribution in [-0.4, -0.2) is 34.4 Å². The van der Waals surface area contributed by atoms with Crippen molar-refractivity contribution in [3.8, 4) is 5.75 Å². The molecule has 0 saturated carbocycles.